The first kappa shape index (κ1) is 31.6. The van der Waals surface area contributed by atoms with Gasteiger partial charge in [-0.1, -0.05) is 123 Å². The zero-order valence-electron chi connectivity index (χ0n) is 28.1. The number of nitrogens with zero attached hydrogens (tertiary/aromatic N) is 2. The van der Waals surface area contributed by atoms with Crippen molar-refractivity contribution in [2.24, 2.45) is 0 Å². The van der Waals surface area contributed by atoms with Gasteiger partial charge in [-0.2, -0.15) is 9.13 Å². The lowest BCUT2D eigenvalue weighted by Crippen LogP contribution is -2.34. The van der Waals surface area contributed by atoms with Crippen LogP contribution >= 0.6 is 0 Å². The topological polar surface area (TPSA) is 31.8 Å². The van der Waals surface area contributed by atoms with Crippen LogP contribution in [0.4, 0.5) is 11.4 Å². The van der Waals surface area contributed by atoms with Gasteiger partial charge in [0.1, 0.15) is 0 Å². The Labute approximate surface area is 285 Å². The molecule has 5 heterocycles. The van der Waals surface area contributed by atoms with Crippen molar-refractivity contribution >= 4 is 45.3 Å². The third-order valence-corrected chi connectivity index (χ3v) is 9.72. The van der Waals surface area contributed by atoms with Crippen molar-refractivity contribution in [3.63, 3.8) is 0 Å². The number of pyridine rings is 2. The highest BCUT2D eigenvalue weighted by atomic mass is 15.0. The van der Waals surface area contributed by atoms with Crippen LogP contribution in [0.1, 0.15) is 73.6 Å². The number of para-hydroxylation sites is 2. The number of hydrogen-bond donors (Lipinski definition) is 2. The highest BCUT2D eigenvalue weighted by Crippen LogP contribution is 2.23. The maximum absolute atomic E-state index is 3.74. The van der Waals surface area contributed by atoms with Gasteiger partial charge in [0.25, 0.3) is 0 Å². The SMILES string of the molecule is C1=C/c2ccc(cc2)C[n+]2ccc(c3ccccc32)NCCCCCCCCCCNc2cc[n+](c3ccccc23)Cc2ccc/1cc2. The molecule has 4 nitrogen and oxygen atoms in total. The molecule has 2 aromatic heterocycles. The standard InChI is InChI=1S/C44H46N4/c1-2-4-6-12-30-46-42-28-32-48(44-16-10-8-14-40(42)44)34-38-25-21-36(22-26-38)18-17-35-19-23-37(24-20-35)33-47-31-27-41(45-29-11-5-3-1)39-13-7-9-15-43(39)47/h7-10,13-28,31-32H,1-6,11-12,29-30,33-34H2/p+2/b18-17+,45-41?,46-42?. The maximum atomic E-state index is 3.74. The zero-order valence-corrected chi connectivity index (χ0v) is 28.1. The second kappa shape index (κ2) is 15.8. The Balaban J connectivity index is 1.09. The third-order valence-electron chi connectivity index (χ3n) is 9.72. The highest BCUT2D eigenvalue weighted by molar-refractivity contribution is 5.89. The Bertz CT molecular complexity index is 1830. The van der Waals surface area contributed by atoms with E-state index in [1.165, 1.54) is 107 Å². The van der Waals surface area contributed by atoms with Crippen LogP contribution in [0.25, 0.3) is 34.0 Å². The monoisotopic (exact) mass is 632 g/mol. The van der Waals surface area contributed by atoms with E-state index in [0.717, 1.165) is 26.2 Å². The van der Waals surface area contributed by atoms with Gasteiger partial charge in [-0.3, -0.25) is 0 Å². The minimum Gasteiger partial charge on any atom is -0.384 e. The fraction of sp³-hybridized carbons (Fsp3) is 0.273. The van der Waals surface area contributed by atoms with Crippen LogP contribution in [0.15, 0.2) is 122 Å². The molecule has 0 amide bonds. The largest absolute Gasteiger partial charge is 0.384 e. The third kappa shape index (κ3) is 7.94. The molecule has 8 bridgehead atoms. The number of rotatable bonds is 0. The molecule has 3 aliphatic rings. The van der Waals surface area contributed by atoms with Gasteiger partial charge in [-0.05, 0) is 36.1 Å². The summed E-state index contributed by atoms with van der Waals surface area (Å²) in [6, 6.07) is 39.9. The molecule has 0 fully saturated rings. The predicted molar refractivity (Wildman–Crippen MR) is 202 cm³/mol. The molecule has 242 valence electrons. The molecule has 2 N–H and O–H groups in total. The first-order valence-electron chi connectivity index (χ1n) is 18.0. The van der Waals surface area contributed by atoms with Gasteiger partial charge in [0, 0.05) is 48.5 Å². The minimum atomic E-state index is 0.846. The molecule has 3 aliphatic heterocycles. The Morgan fingerprint density at radius 2 is 0.792 bits per heavy atom. The van der Waals surface area contributed by atoms with Gasteiger partial charge >= 0.3 is 0 Å². The molecule has 9 rings (SSSR count). The van der Waals surface area contributed by atoms with Crippen LogP contribution in [-0.2, 0) is 13.1 Å². The van der Waals surface area contributed by atoms with Gasteiger partial charge in [0.2, 0.25) is 11.0 Å². The van der Waals surface area contributed by atoms with Crippen LogP contribution in [-0.4, -0.2) is 13.1 Å². The normalized spacial score (nSPS) is 15.8. The van der Waals surface area contributed by atoms with E-state index in [1.807, 2.05) is 0 Å². The summed E-state index contributed by atoms with van der Waals surface area (Å²) in [4.78, 5) is 0. The molecule has 0 saturated carbocycles. The van der Waals surface area contributed by atoms with Gasteiger partial charge in [-0.15, -0.1) is 0 Å². The average molecular weight is 633 g/mol. The van der Waals surface area contributed by atoms with Crippen molar-refractivity contribution in [2.45, 2.75) is 64.5 Å². The fourth-order valence-electron chi connectivity index (χ4n) is 6.97. The van der Waals surface area contributed by atoms with Gasteiger partial charge in [0.15, 0.2) is 25.5 Å². The summed E-state index contributed by atoms with van der Waals surface area (Å²) in [6.45, 7) is 3.73. The molecule has 0 saturated heterocycles. The van der Waals surface area contributed by atoms with E-state index in [9.17, 15) is 0 Å². The highest BCUT2D eigenvalue weighted by Gasteiger charge is 2.14. The molecule has 6 aromatic rings. The first-order chi connectivity index (χ1) is 23.8. The lowest BCUT2D eigenvalue weighted by molar-refractivity contribution is -0.662. The lowest BCUT2D eigenvalue weighted by atomic mass is 10.1. The summed E-state index contributed by atoms with van der Waals surface area (Å²) in [6.07, 6.45) is 19.2. The van der Waals surface area contributed by atoms with Gasteiger partial charge in [0.05, 0.1) is 22.1 Å². The number of fused-ring (bicyclic) bond motifs is 4. The van der Waals surface area contributed by atoms with E-state index in [4.69, 9.17) is 0 Å². The molecule has 0 aliphatic carbocycles. The van der Waals surface area contributed by atoms with E-state index >= 15 is 0 Å². The Hall–Kier alpha value is -4.96. The molecule has 0 radical (unpaired) electrons. The van der Waals surface area contributed by atoms with E-state index in [0.29, 0.717) is 0 Å². The molecular weight excluding hydrogens is 585 g/mol. The Morgan fingerprint density at radius 3 is 1.23 bits per heavy atom. The maximum Gasteiger partial charge on any atom is 0.214 e. The van der Waals surface area contributed by atoms with Crippen molar-refractivity contribution in [1.29, 1.82) is 0 Å². The quantitative estimate of drug-likeness (QED) is 0.163. The van der Waals surface area contributed by atoms with Crippen LogP contribution in [0.5, 0.6) is 0 Å². The molecule has 4 heteroatoms. The van der Waals surface area contributed by atoms with Crippen molar-refractivity contribution in [2.75, 3.05) is 23.7 Å². The summed E-state index contributed by atoms with van der Waals surface area (Å²) >= 11 is 0. The molecular formula is C44H48N4+2. The second-order valence-corrected chi connectivity index (χ2v) is 13.2. The Morgan fingerprint density at radius 1 is 0.396 bits per heavy atom. The zero-order chi connectivity index (χ0) is 32.4. The number of benzene rings is 4. The van der Waals surface area contributed by atoms with Gasteiger partial charge in [-0.25, -0.2) is 0 Å². The lowest BCUT2D eigenvalue weighted by Gasteiger charge is -2.11. The van der Waals surface area contributed by atoms with Gasteiger partial charge < -0.3 is 10.6 Å². The Kier molecular flexibility index (Phi) is 10.4. The minimum absolute atomic E-state index is 0.846. The predicted octanol–water partition coefficient (Wildman–Crippen LogP) is 9.79. The fourth-order valence-corrected chi connectivity index (χ4v) is 6.97. The average Bonchev–Trinajstić information content (AvgIpc) is 3.13. The van der Waals surface area contributed by atoms with Crippen LogP contribution in [0.2, 0.25) is 0 Å². The summed E-state index contributed by atoms with van der Waals surface area (Å²) in [5, 5.41) is 10.1. The number of aromatic nitrogens is 2. The summed E-state index contributed by atoms with van der Waals surface area (Å²) < 4.78 is 4.72. The van der Waals surface area contributed by atoms with E-state index < -0.39 is 0 Å². The number of anilines is 2. The molecule has 48 heavy (non-hydrogen) atoms. The smallest absolute Gasteiger partial charge is 0.214 e. The number of nitrogens with one attached hydrogen (secondary N) is 2. The summed E-state index contributed by atoms with van der Waals surface area (Å²) in [5.74, 6) is 0. The first-order valence-corrected chi connectivity index (χ1v) is 18.0. The van der Waals surface area contributed by atoms with Crippen molar-refractivity contribution < 1.29 is 9.13 Å². The number of hydrogen-bond acceptors (Lipinski definition) is 2. The molecule has 0 unspecified atom stereocenters. The van der Waals surface area contributed by atoms with E-state index in [2.05, 4.69) is 154 Å². The summed E-state index contributed by atoms with van der Waals surface area (Å²) in [7, 11) is 0. The molecule has 4 aromatic carbocycles. The van der Waals surface area contributed by atoms with Crippen LogP contribution in [0, 0.1) is 0 Å². The van der Waals surface area contributed by atoms with Crippen molar-refractivity contribution in [1.82, 2.24) is 0 Å². The van der Waals surface area contributed by atoms with Crippen molar-refractivity contribution in [3.8, 4) is 0 Å². The van der Waals surface area contributed by atoms with Crippen molar-refractivity contribution in [3.05, 3.63) is 144 Å². The van der Waals surface area contributed by atoms with E-state index in [-0.39, 0.29) is 0 Å². The molecule has 0 atom stereocenters. The second-order valence-electron chi connectivity index (χ2n) is 13.2. The molecule has 0 spiro atoms. The van der Waals surface area contributed by atoms with Crippen LogP contribution < -0.4 is 19.8 Å². The van der Waals surface area contributed by atoms with Crippen LogP contribution in [0.3, 0.4) is 0 Å². The van der Waals surface area contributed by atoms with E-state index in [1.54, 1.807) is 0 Å². The summed E-state index contributed by atoms with van der Waals surface area (Å²) in [5.41, 5.74) is 10.0.